The maximum Gasteiger partial charge on any atom is 0.241 e. The molecule has 8 heteroatoms. The first-order valence-corrected chi connectivity index (χ1v) is 8.76. The van der Waals surface area contributed by atoms with E-state index in [1.54, 1.807) is 61.3 Å². The fourth-order valence-electron chi connectivity index (χ4n) is 2.52. The molecule has 1 aliphatic rings. The van der Waals surface area contributed by atoms with Gasteiger partial charge in [-0.3, -0.25) is 14.5 Å². The van der Waals surface area contributed by atoms with Crippen molar-refractivity contribution in [1.29, 1.82) is 0 Å². The van der Waals surface area contributed by atoms with Gasteiger partial charge >= 0.3 is 0 Å². The molecule has 0 spiro atoms. The van der Waals surface area contributed by atoms with Crippen molar-refractivity contribution in [3.05, 3.63) is 47.5 Å². The summed E-state index contributed by atoms with van der Waals surface area (Å²) in [7, 11) is 1.71. The van der Waals surface area contributed by atoms with Gasteiger partial charge in [-0.25, -0.2) is 0 Å². The topological polar surface area (TPSA) is 79.9 Å². The molecule has 2 aromatic rings. The highest BCUT2D eigenvalue weighted by Gasteiger charge is 2.21. The van der Waals surface area contributed by atoms with E-state index in [1.165, 1.54) is 0 Å². The minimum Gasteiger partial charge on any atom is -0.454 e. The molecule has 0 saturated carbocycles. The van der Waals surface area contributed by atoms with Crippen molar-refractivity contribution in [3.63, 3.8) is 0 Å². The number of likely N-dealkylation sites (N-methyl/N-ethyl adjacent to an activating group) is 1. The van der Waals surface area contributed by atoms with Crippen LogP contribution in [0.5, 0.6) is 11.5 Å². The second-order valence-corrected chi connectivity index (χ2v) is 6.64. The highest BCUT2D eigenvalue weighted by molar-refractivity contribution is 6.30. The highest BCUT2D eigenvalue weighted by atomic mass is 35.5. The lowest BCUT2D eigenvalue weighted by atomic mass is 10.2. The zero-order chi connectivity index (χ0) is 19.4. The maximum atomic E-state index is 12.5. The molecule has 1 aliphatic heterocycles. The van der Waals surface area contributed by atoms with E-state index in [9.17, 15) is 9.59 Å². The Kier molecular flexibility index (Phi) is 5.83. The molecule has 2 aromatic carbocycles. The number of carbonyl (C=O) groups is 2. The lowest BCUT2D eigenvalue weighted by molar-refractivity contribution is -0.122. The normalized spacial score (nSPS) is 13.3. The lowest BCUT2D eigenvalue weighted by Gasteiger charge is -2.23. The summed E-state index contributed by atoms with van der Waals surface area (Å²) in [6.07, 6.45) is 0. The van der Waals surface area contributed by atoms with Crippen molar-refractivity contribution < 1.29 is 19.1 Å². The van der Waals surface area contributed by atoms with Crippen LogP contribution < -0.4 is 20.1 Å². The van der Waals surface area contributed by atoms with Gasteiger partial charge in [0, 0.05) is 22.5 Å². The van der Waals surface area contributed by atoms with E-state index in [2.05, 4.69) is 10.6 Å². The third kappa shape index (κ3) is 4.90. The molecule has 0 fully saturated rings. The van der Waals surface area contributed by atoms with Gasteiger partial charge in [-0.15, -0.1) is 0 Å². The summed E-state index contributed by atoms with van der Waals surface area (Å²) in [5.41, 5.74) is 1.25. The van der Waals surface area contributed by atoms with Crippen molar-refractivity contribution in [2.24, 2.45) is 0 Å². The molecule has 0 aromatic heterocycles. The monoisotopic (exact) mass is 389 g/mol. The largest absolute Gasteiger partial charge is 0.454 e. The molecule has 0 radical (unpaired) electrons. The van der Waals surface area contributed by atoms with Gasteiger partial charge in [-0.2, -0.15) is 0 Å². The van der Waals surface area contributed by atoms with Crippen LogP contribution in [0.15, 0.2) is 42.5 Å². The van der Waals surface area contributed by atoms with E-state index in [0.29, 0.717) is 27.9 Å². The molecule has 0 unspecified atom stereocenters. The summed E-state index contributed by atoms with van der Waals surface area (Å²) in [4.78, 5) is 26.3. The van der Waals surface area contributed by atoms with Crippen molar-refractivity contribution in [1.82, 2.24) is 4.90 Å². The van der Waals surface area contributed by atoms with E-state index in [0.717, 1.165) is 0 Å². The molecule has 3 rings (SSSR count). The molecular formula is C19H20ClN3O4. The standard InChI is InChI=1S/C19H20ClN3O4/c1-12(19(25)22-15-7-8-16-17(9-15)27-11-26-16)23(2)10-18(24)21-14-5-3-13(20)4-6-14/h3-9,12H,10-11H2,1-2H3,(H,21,24)(H,22,25)/t12-/m1/s1. The number of carbonyl (C=O) groups excluding carboxylic acids is 2. The molecule has 142 valence electrons. The minimum atomic E-state index is -0.508. The van der Waals surface area contributed by atoms with Crippen molar-refractivity contribution in [2.45, 2.75) is 13.0 Å². The van der Waals surface area contributed by atoms with Gasteiger partial charge in [0.05, 0.1) is 12.6 Å². The Bertz CT molecular complexity index is 841. The lowest BCUT2D eigenvalue weighted by Crippen LogP contribution is -2.43. The third-order valence-electron chi connectivity index (χ3n) is 4.20. The van der Waals surface area contributed by atoms with Crippen LogP contribution in [-0.2, 0) is 9.59 Å². The summed E-state index contributed by atoms with van der Waals surface area (Å²) in [5, 5.41) is 6.19. The van der Waals surface area contributed by atoms with E-state index in [-0.39, 0.29) is 25.2 Å². The van der Waals surface area contributed by atoms with Gasteiger partial charge in [0.25, 0.3) is 0 Å². The number of fused-ring (bicyclic) bond motifs is 1. The number of ether oxygens (including phenoxy) is 2. The molecule has 2 N–H and O–H groups in total. The van der Waals surface area contributed by atoms with E-state index >= 15 is 0 Å². The van der Waals surface area contributed by atoms with Crippen molar-refractivity contribution >= 4 is 34.8 Å². The van der Waals surface area contributed by atoms with Crippen LogP contribution in [0.25, 0.3) is 0 Å². The Balaban J connectivity index is 1.52. The average molecular weight is 390 g/mol. The number of hydrogen-bond acceptors (Lipinski definition) is 5. The molecule has 27 heavy (non-hydrogen) atoms. The average Bonchev–Trinajstić information content (AvgIpc) is 3.10. The highest BCUT2D eigenvalue weighted by Crippen LogP contribution is 2.34. The summed E-state index contributed by atoms with van der Waals surface area (Å²) < 4.78 is 10.5. The van der Waals surface area contributed by atoms with Gasteiger partial charge in [0.15, 0.2) is 11.5 Å². The van der Waals surface area contributed by atoms with E-state index in [1.807, 2.05) is 0 Å². The van der Waals surface area contributed by atoms with Crippen LogP contribution in [0.3, 0.4) is 0 Å². The third-order valence-corrected chi connectivity index (χ3v) is 4.45. The number of benzene rings is 2. The number of rotatable bonds is 6. The second-order valence-electron chi connectivity index (χ2n) is 6.20. The smallest absolute Gasteiger partial charge is 0.241 e. The van der Waals surface area contributed by atoms with Crippen LogP contribution in [-0.4, -0.2) is 43.1 Å². The fraction of sp³-hybridized carbons (Fsp3) is 0.263. The Labute approximate surface area is 162 Å². The Morgan fingerprint density at radius 1 is 1.07 bits per heavy atom. The van der Waals surface area contributed by atoms with Gasteiger partial charge < -0.3 is 20.1 Å². The molecule has 7 nitrogen and oxygen atoms in total. The summed E-state index contributed by atoms with van der Waals surface area (Å²) in [6, 6.07) is 11.5. The van der Waals surface area contributed by atoms with Crippen LogP contribution in [0.1, 0.15) is 6.92 Å². The number of hydrogen-bond donors (Lipinski definition) is 2. The van der Waals surface area contributed by atoms with Crippen LogP contribution in [0.4, 0.5) is 11.4 Å². The Morgan fingerprint density at radius 3 is 2.48 bits per heavy atom. The predicted octanol–water partition coefficient (Wildman–Crippen LogP) is 2.97. The molecular weight excluding hydrogens is 370 g/mol. The summed E-state index contributed by atoms with van der Waals surface area (Å²) in [5.74, 6) is 0.798. The molecule has 0 aliphatic carbocycles. The predicted molar refractivity (Wildman–Crippen MR) is 103 cm³/mol. The van der Waals surface area contributed by atoms with Gasteiger partial charge in [0.1, 0.15) is 0 Å². The maximum absolute atomic E-state index is 12.5. The molecule has 0 saturated heterocycles. The van der Waals surface area contributed by atoms with Gasteiger partial charge in [-0.1, -0.05) is 11.6 Å². The van der Waals surface area contributed by atoms with Crippen LogP contribution in [0, 0.1) is 0 Å². The van der Waals surface area contributed by atoms with Crippen molar-refractivity contribution in [2.75, 3.05) is 31.0 Å². The minimum absolute atomic E-state index is 0.0678. The summed E-state index contributed by atoms with van der Waals surface area (Å²) in [6.45, 7) is 1.98. The van der Waals surface area contributed by atoms with E-state index in [4.69, 9.17) is 21.1 Å². The van der Waals surface area contributed by atoms with Gasteiger partial charge in [0.2, 0.25) is 18.6 Å². The molecule has 1 atom stereocenters. The fourth-order valence-corrected chi connectivity index (χ4v) is 2.64. The van der Waals surface area contributed by atoms with Gasteiger partial charge in [-0.05, 0) is 50.4 Å². The van der Waals surface area contributed by atoms with E-state index < -0.39 is 6.04 Å². The number of amides is 2. The second kappa shape index (κ2) is 8.28. The number of anilines is 2. The first-order valence-electron chi connectivity index (χ1n) is 8.38. The zero-order valence-electron chi connectivity index (χ0n) is 15.0. The molecule has 0 bridgehead atoms. The number of nitrogens with one attached hydrogen (secondary N) is 2. The number of halogens is 1. The molecule has 1 heterocycles. The molecule has 2 amide bonds. The Hall–Kier alpha value is -2.77. The van der Waals surface area contributed by atoms with Crippen LogP contribution >= 0.6 is 11.6 Å². The van der Waals surface area contributed by atoms with Crippen molar-refractivity contribution in [3.8, 4) is 11.5 Å². The quantitative estimate of drug-likeness (QED) is 0.794. The SMILES string of the molecule is C[C@H](C(=O)Nc1ccc2c(c1)OCO2)N(C)CC(=O)Nc1ccc(Cl)cc1. The first-order chi connectivity index (χ1) is 12.9. The summed E-state index contributed by atoms with van der Waals surface area (Å²) >= 11 is 5.83. The zero-order valence-corrected chi connectivity index (χ0v) is 15.7. The first kappa shape index (κ1) is 19.0. The number of nitrogens with zero attached hydrogens (tertiary/aromatic N) is 1. The Morgan fingerprint density at radius 2 is 1.74 bits per heavy atom. The van der Waals surface area contributed by atoms with Crippen LogP contribution in [0.2, 0.25) is 5.02 Å².